The van der Waals surface area contributed by atoms with E-state index in [4.69, 9.17) is 15.5 Å². The number of imidazole rings is 1. The summed E-state index contributed by atoms with van der Waals surface area (Å²) in [6.07, 6.45) is 5.25. The summed E-state index contributed by atoms with van der Waals surface area (Å²) in [4.78, 5) is 41.7. The molecule has 0 spiro atoms. The van der Waals surface area contributed by atoms with Crippen LogP contribution in [0.5, 0.6) is 0 Å². The number of likely N-dealkylation sites (N-methyl/N-ethyl adjacent to an activating group) is 1. The molecule has 0 aliphatic carbocycles. The highest BCUT2D eigenvalue weighted by atomic mass is 16.5. The van der Waals surface area contributed by atoms with Gasteiger partial charge >= 0.3 is 0 Å². The number of aromatic nitrogens is 4. The predicted molar refractivity (Wildman–Crippen MR) is 137 cm³/mol. The molecule has 0 radical (unpaired) electrons. The maximum absolute atomic E-state index is 12.7. The molecule has 2 aromatic carbocycles. The molecule has 1 saturated heterocycles. The van der Waals surface area contributed by atoms with Crippen molar-refractivity contribution < 1.29 is 14.3 Å². The second kappa shape index (κ2) is 10.3. The Bertz CT molecular complexity index is 1390. The molecule has 0 bridgehead atoms. The SMILES string of the molecule is CN(C(=O)COCCn1cnc2ccc(C(N)=O)cc21)C1CCN(c2ncc3ccccc3n2)CC1. The first-order chi connectivity index (χ1) is 17.5. The minimum Gasteiger partial charge on any atom is -0.370 e. The lowest BCUT2D eigenvalue weighted by molar-refractivity contribution is -0.137. The molecular formula is C26H29N7O3. The predicted octanol–water partition coefficient (Wildman–Crippen LogP) is 2.22. The number of primary amides is 1. The van der Waals surface area contributed by atoms with Crippen molar-refractivity contribution in [3.63, 3.8) is 0 Å². The van der Waals surface area contributed by atoms with Crippen LogP contribution in [-0.2, 0) is 16.1 Å². The Kier molecular flexibility index (Phi) is 6.77. The highest BCUT2D eigenvalue weighted by Crippen LogP contribution is 2.21. The van der Waals surface area contributed by atoms with Gasteiger partial charge in [0.1, 0.15) is 6.61 Å². The van der Waals surface area contributed by atoms with Gasteiger partial charge in [0.05, 0.1) is 29.5 Å². The lowest BCUT2D eigenvalue weighted by Crippen LogP contribution is -2.47. The van der Waals surface area contributed by atoms with Crippen LogP contribution in [0.1, 0.15) is 23.2 Å². The minimum atomic E-state index is -0.481. The van der Waals surface area contributed by atoms with Crippen molar-refractivity contribution in [1.82, 2.24) is 24.4 Å². The number of para-hydroxylation sites is 1. The minimum absolute atomic E-state index is 0.0175. The number of piperidine rings is 1. The third-order valence-corrected chi connectivity index (χ3v) is 6.77. The number of carbonyl (C=O) groups is 2. The van der Waals surface area contributed by atoms with Crippen LogP contribution in [0.15, 0.2) is 55.0 Å². The maximum atomic E-state index is 12.7. The van der Waals surface area contributed by atoms with E-state index in [0.717, 1.165) is 53.8 Å². The van der Waals surface area contributed by atoms with Gasteiger partial charge in [-0.3, -0.25) is 9.59 Å². The molecule has 0 atom stereocenters. The van der Waals surface area contributed by atoms with Crippen LogP contribution >= 0.6 is 0 Å². The van der Waals surface area contributed by atoms with Crippen molar-refractivity contribution in [2.75, 3.05) is 38.3 Å². The number of ether oxygens (including phenoxy) is 1. The van der Waals surface area contributed by atoms with Gasteiger partial charge in [-0.1, -0.05) is 18.2 Å². The summed E-state index contributed by atoms with van der Waals surface area (Å²) in [6.45, 7) is 2.47. The summed E-state index contributed by atoms with van der Waals surface area (Å²) in [5, 5.41) is 1.03. The van der Waals surface area contributed by atoms with Gasteiger partial charge in [0.15, 0.2) is 0 Å². The second-order valence-corrected chi connectivity index (χ2v) is 9.01. The molecule has 3 heterocycles. The third-order valence-electron chi connectivity index (χ3n) is 6.77. The van der Waals surface area contributed by atoms with Crippen molar-refractivity contribution in [3.05, 3.63) is 60.6 Å². The number of rotatable bonds is 8. The zero-order valence-corrected chi connectivity index (χ0v) is 20.2. The summed E-state index contributed by atoms with van der Waals surface area (Å²) in [6, 6.07) is 13.3. The average Bonchev–Trinajstić information content (AvgIpc) is 3.32. The van der Waals surface area contributed by atoms with Crippen molar-refractivity contribution in [1.29, 1.82) is 0 Å². The number of anilines is 1. The van der Waals surface area contributed by atoms with E-state index >= 15 is 0 Å². The zero-order chi connectivity index (χ0) is 25.1. The number of nitrogens with two attached hydrogens (primary N) is 1. The van der Waals surface area contributed by atoms with Gasteiger partial charge in [-0.05, 0) is 37.1 Å². The standard InChI is InChI=1S/C26H29N7O3/c1-31(20-8-10-32(11-9-20)26-28-15-19-4-2-3-5-21(19)30-26)24(34)16-36-13-12-33-17-29-22-7-6-18(25(27)35)14-23(22)33/h2-7,14-15,17,20H,8-13,16H2,1H3,(H2,27,35). The normalized spacial score (nSPS) is 14.4. The second-order valence-electron chi connectivity index (χ2n) is 9.01. The van der Waals surface area contributed by atoms with E-state index in [2.05, 4.69) is 14.9 Å². The third kappa shape index (κ3) is 4.99. The van der Waals surface area contributed by atoms with Crippen LogP contribution in [0.2, 0.25) is 0 Å². The van der Waals surface area contributed by atoms with Gasteiger partial charge in [0, 0.05) is 49.9 Å². The Hall–Kier alpha value is -4.05. The van der Waals surface area contributed by atoms with Crippen molar-refractivity contribution in [2.45, 2.75) is 25.4 Å². The highest BCUT2D eigenvalue weighted by molar-refractivity contribution is 5.96. The molecule has 1 fully saturated rings. The summed E-state index contributed by atoms with van der Waals surface area (Å²) < 4.78 is 7.57. The van der Waals surface area contributed by atoms with Crippen LogP contribution in [0.25, 0.3) is 21.9 Å². The molecule has 2 aromatic heterocycles. The molecule has 1 aliphatic rings. The lowest BCUT2D eigenvalue weighted by Gasteiger charge is -2.36. The number of amides is 2. The summed E-state index contributed by atoms with van der Waals surface area (Å²) >= 11 is 0. The topological polar surface area (TPSA) is 119 Å². The molecule has 0 saturated carbocycles. The molecule has 0 unspecified atom stereocenters. The molecule has 10 nitrogen and oxygen atoms in total. The summed E-state index contributed by atoms with van der Waals surface area (Å²) in [7, 11) is 1.84. The smallest absolute Gasteiger partial charge is 0.248 e. The fraction of sp³-hybridized carbons (Fsp3) is 0.346. The van der Waals surface area contributed by atoms with Crippen molar-refractivity contribution >= 4 is 39.7 Å². The van der Waals surface area contributed by atoms with Gasteiger partial charge < -0.3 is 24.8 Å². The fourth-order valence-electron chi connectivity index (χ4n) is 4.58. The number of hydrogen-bond donors (Lipinski definition) is 1. The largest absolute Gasteiger partial charge is 0.370 e. The molecule has 1 aliphatic heterocycles. The van der Waals surface area contributed by atoms with E-state index in [1.54, 1.807) is 29.4 Å². The molecule has 4 aromatic rings. The first kappa shape index (κ1) is 23.7. The molecule has 36 heavy (non-hydrogen) atoms. The van der Waals surface area contributed by atoms with Gasteiger partial charge in [0.25, 0.3) is 0 Å². The van der Waals surface area contributed by atoms with E-state index < -0.39 is 5.91 Å². The average molecular weight is 488 g/mol. The van der Waals surface area contributed by atoms with E-state index in [9.17, 15) is 9.59 Å². The fourth-order valence-corrected chi connectivity index (χ4v) is 4.58. The number of benzene rings is 2. The summed E-state index contributed by atoms with van der Waals surface area (Å²) in [5.41, 5.74) is 8.33. The Morgan fingerprint density at radius 1 is 1.11 bits per heavy atom. The van der Waals surface area contributed by atoms with Crippen LogP contribution in [0.4, 0.5) is 5.95 Å². The van der Waals surface area contributed by atoms with Gasteiger partial charge in [-0.15, -0.1) is 0 Å². The molecular weight excluding hydrogens is 458 g/mol. The Labute approximate surface area is 208 Å². The van der Waals surface area contributed by atoms with Gasteiger partial charge in [-0.25, -0.2) is 15.0 Å². The van der Waals surface area contributed by atoms with E-state index in [1.807, 2.05) is 42.1 Å². The van der Waals surface area contributed by atoms with Crippen LogP contribution in [0.3, 0.4) is 0 Å². The molecule has 186 valence electrons. The molecule has 2 N–H and O–H groups in total. The zero-order valence-electron chi connectivity index (χ0n) is 20.2. The quantitative estimate of drug-likeness (QED) is 0.379. The summed E-state index contributed by atoms with van der Waals surface area (Å²) in [5.74, 6) is 0.214. The Morgan fingerprint density at radius 3 is 2.72 bits per heavy atom. The molecule has 5 rings (SSSR count). The number of nitrogens with zero attached hydrogens (tertiary/aromatic N) is 6. The number of carbonyl (C=O) groups excluding carboxylic acids is 2. The van der Waals surface area contributed by atoms with Crippen LogP contribution < -0.4 is 10.6 Å². The van der Waals surface area contributed by atoms with E-state index in [0.29, 0.717) is 18.7 Å². The Balaban J connectivity index is 1.09. The number of hydrogen-bond acceptors (Lipinski definition) is 7. The van der Waals surface area contributed by atoms with Crippen LogP contribution in [0, 0.1) is 0 Å². The number of fused-ring (bicyclic) bond motifs is 2. The van der Waals surface area contributed by atoms with Crippen molar-refractivity contribution in [2.24, 2.45) is 5.73 Å². The van der Waals surface area contributed by atoms with Crippen LogP contribution in [-0.4, -0.2) is 75.6 Å². The van der Waals surface area contributed by atoms with Crippen molar-refractivity contribution in [3.8, 4) is 0 Å². The van der Waals surface area contributed by atoms with E-state index in [1.165, 1.54) is 0 Å². The van der Waals surface area contributed by atoms with Gasteiger partial charge in [0.2, 0.25) is 17.8 Å². The lowest BCUT2D eigenvalue weighted by atomic mass is 10.0. The van der Waals surface area contributed by atoms with E-state index in [-0.39, 0.29) is 18.6 Å². The monoisotopic (exact) mass is 487 g/mol. The molecule has 2 amide bonds. The Morgan fingerprint density at radius 2 is 1.92 bits per heavy atom. The first-order valence-corrected chi connectivity index (χ1v) is 12.0. The highest BCUT2D eigenvalue weighted by Gasteiger charge is 2.26. The van der Waals surface area contributed by atoms with Gasteiger partial charge in [-0.2, -0.15) is 0 Å². The maximum Gasteiger partial charge on any atom is 0.248 e. The first-order valence-electron chi connectivity index (χ1n) is 12.0. The molecule has 10 heteroatoms.